The van der Waals surface area contributed by atoms with Gasteiger partial charge < -0.3 is 9.84 Å². The molecule has 0 unspecified atom stereocenters. The van der Waals surface area contributed by atoms with E-state index < -0.39 is 17.6 Å². The summed E-state index contributed by atoms with van der Waals surface area (Å²) in [6.45, 7) is 0.109. The molecule has 4 nitrogen and oxygen atoms in total. The number of halogens is 2. The minimum absolute atomic E-state index is 0.0840. The Morgan fingerprint density at radius 1 is 1.27 bits per heavy atom. The molecule has 0 saturated carbocycles. The lowest BCUT2D eigenvalue weighted by molar-refractivity contribution is 0.0695. The van der Waals surface area contributed by atoms with Crippen molar-refractivity contribution < 1.29 is 23.4 Å². The second-order valence-electron chi connectivity index (χ2n) is 4.90. The number of fused-ring (bicyclic) bond motifs is 1. The van der Waals surface area contributed by atoms with Gasteiger partial charge in [-0.25, -0.2) is 13.6 Å². The molecule has 0 radical (unpaired) electrons. The molecule has 6 heteroatoms. The number of aromatic carboxylic acids is 1. The Balaban J connectivity index is 1.74. The number of nitrogens with zero attached hydrogens (tertiary/aromatic N) is 1. The molecule has 22 heavy (non-hydrogen) atoms. The Bertz CT molecular complexity index is 767. The fraction of sp³-hybridized carbons (Fsp3) is 0.125. The van der Waals surface area contributed by atoms with Crippen LogP contribution in [0, 0.1) is 11.6 Å². The lowest BCUT2D eigenvalue weighted by Gasteiger charge is -2.07. The van der Waals surface area contributed by atoms with E-state index in [-0.39, 0.29) is 17.9 Å². The molecule has 0 atom stereocenters. The molecule has 1 heterocycles. The molecular formula is C16H11F2NO3. The third-order valence-corrected chi connectivity index (χ3v) is 3.32. The second-order valence-corrected chi connectivity index (χ2v) is 4.90. The molecule has 0 amide bonds. The first kappa shape index (κ1) is 14.2. The predicted molar refractivity (Wildman–Crippen MR) is 74.7 cm³/mol. The summed E-state index contributed by atoms with van der Waals surface area (Å²) in [6.07, 6.45) is 3.56. The van der Waals surface area contributed by atoms with Gasteiger partial charge in [0, 0.05) is 30.8 Å². The smallest absolute Gasteiger partial charge is 0.336 e. The molecule has 0 fully saturated rings. The van der Waals surface area contributed by atoms with Crippen molar-refractivity contribution in [3.8, 4) is 5.75 Å². The van der Waals surface area contributed by atoms with Crippen molar-refractivity contribution in [3.05, 3.63) is 64.5 Å². The van der Waals surface area contributed by atoms with Gasteiger partial charge in [-0.3, -0.25) is 4.98 Å². The van der Waals surface area contributed by atoms with E-state index in [2.05, 4.69) is 4.98 Å². The number of pyridine rings is 1. The Hall–Kier alpha value is -2.76. The molecule has 1 aliphatic rings. The van der Waals surface area contributed by atoms with Gasteiger partial charge in [0.15, 0.2) is 0 Å². The lowest BCUT2D eigenvalue weighted by Crippen LogP contribution is -2.05. The zero-order valence-corrected chi connectivity index (χ0v) is 11.3. The van der Waals surface area contributed by atoms with E-state index >= 15 is 0 Å². The van der Waals surface area contributed by atoms with Crippen LogP contribution in [0.25, 0.3) is 6.08 Å². The van der Waals surface area contributed by atoms with Crippen molar-refractivity contribution in [1.29, 1.82) is 0 Å². The maximum Gasteiger partial charge on any atom is 0.336 e. The molecule has 0 aliphatic heterocycles. The largest absolute Gasteiger partial charge is 0.489 e. The third kappa shape index (κ3) is 2.81. The molecule has 2 aromatic rings. The summed E-state index contributed by atoms with van der Waals surface area (Å²) in [7, 11) is 0. The summed E-state index contributed by atoms with van der Waals surface area (Å²) in [5, 5.41) is 9.14. The van der Waals surface area contributed by atoms with Crippen LogP contribution in [0.2, 0.25) is 0 Å². The molecule has 0 bridgehead atoms. The van der Waals surface area contributed by atoms with Crippen LogP contribution in [0.4, 0.5) is 8.78 Å². The molecule has 1 aromatic carbocycles. The fourth-order valence-electron chi connectivity index (χ4n) is 2.37. The average Bonchev–Trinajstić information content (AvgIpc) is 2.86. The van der Waals surface area contributed by atoms with Crippen molar-refractivity contribution in [2.45, 2.75) is 6.42 Å². The normalized spacial score (nSPS) is 12.7. The summed E-state index contributed by atoms with van der Waals surface area (Å²) in [5.74, 6) is -2.36. The zero-order chi connectivity index (χ0) is 15.7. The average molecular weight is 303 g/mol. The summed E-state index contributed by atoms with van der Waals surface area (Å²) < 4.78 is 31.5. The molecule has 0 saturated heterocycles. The Labute approximate surface area is 124 Å². The van der Waals surface area contributed by atoms with Crippen LogP contribution in [0.1, 0.15) is 21.6 Å². The molecule has 3 rings (SSSR count). The van der Waals surface area contributed by atoms with Gasteiger partial charge in [-0.2, -0.15) is 0 Å². The van der Waals surface area contributed by atoms with E-state index in [1.807, 2.05) is 0 Å². The quantitative estimate of drug-likeness (QED) is 0.943. The molecule has 1 aromatic heterocycles. The van der Waals surface area contributed by atoms with Crippen LogP contribution in [0.3, 0.4) is 0 Å². The van der Waals surface area contributed by atoms with Crippen LogP contribution >= 0.6 is 0 Å². The van der Waals surface area contributed by atoms with E-state index in [1.54, 1.807) is 6.08 Å². The van der Waals surface area contributed by atoms with Gasteiger partial charge in [-0.1, -0.05) is 0 Å². The Kier molecular flexibility index (Phi) is 3.58. The standard InChI is InChI=1S/C16H11F2NO3/c17-10-5-11(18)7-12(6-10)22-8-9-3-14-13(16(20)21)1-2-19-15(14)4-9/h1-2,4-7H,3,8H2,(H,20,21). The number of hydrogen-bond acceptors (Lipinski definition) is 3. The number of hydrogen-bond donors (Lipinski definition) is 1. The number of ether oxygens (including phenoxy) is 1. The number of carboxylic acid groups (broad SMARTS) is 1. The summed E-state index contributed by atoms with van der Waals surface area (Å²) >= 11 is 0. The van der Waals surface area contributed by atoms with Gasteiger partial charge >= 0.3 is 5.97 Å². The number of benzene rings is 1. The maximum atomic E-state index is 13.1. The lowest BCUT2D eigenvalue weighted by atomic mass is 10.1. The number of aromatic nitrogens is 1. The molecule has 1 aliphatic carbocycles. The SMILES string of the molecule is O=C(O)c1ccnc2c1CC(COc1cc(F)cc(F)c1)=C2. The highest BCUT2D eigenvalue weighted by atomic mass is 19.1. The summed E-state index contributed by atoms with van der Waals surface area (Å²) in [4.78, 5) is 15.3. The van der Waals surface area contributed by atoms with Gasteiger partial charge in [-0.15, -0.1) is 0 Å². The minimum Gasteiger partial charge on any atom is -0.489 e. The highest BCUT2D eigenvalue weighted by Crippen LogP contribution is 2.27. The van der Waals surface area contributed by atoms with Gasteiger partial charge in [0.2, 0.25) is 0 Å². The van der Waals surface area contributed by atoms with E-state index in [9.17, 15) is 13.6 Å². The van der Waals surface area contributed by atoms with Gasteiger partial charge in [0.25, 0.3) is 0 Å². The monoisotopic (exact) mass is 303 g/mol. The second kappa shape index (κ2) is 5.55. The fourth-order valence-corrected chi connectivity index (χ4v) is 2.37. The predicted octanol–water partition coefficient (Wildman–Crippen LogP) is 3.08. The third-order valence-electron chi connectivity index (χ3n) is 3.32. The van der Waals surface area contributed by atoms with Gasteiger partial charge in [-0.05, 0) is 23.3 Å². The van der Waals surface area contributed by atoms with Gasteiger partial charge in [0.1, 0.15) is 24.0 Å². The number of carboxylic acids is 1. The zero-order valence-electron chi connectivity index (χ0n) is 11.3. The summed E-state index contributed by atoms with van der Waals surface area (Å²) in [6, 6.07) is 4.39. The Morgan fingerprint density at radius 3 is 2.68 bits per heavy atom. The highest BCUT2D eigenvalue weighted by Gasteiger charge is 2.21. The van der Waals surface area contributed by atoms with Crippen LogP contribution in [-0.2, 0) is 6.42 Å². The number of rotatable bonds is 4. The van der Waals surface area contributed by atoms with Crippen molar-refractivity contribution in [2.75, 3.05) is 6.61 Å². The van der Waals surface area contributed by atoms with Crippen LogP contribution < -0.4 is 4.74 Å². The Morgan fingerprint density at radius 2 is 2.00 bits per heavy atom. The van der Waals surface area contributed by atoms with Crippen molar-refractivity contribution >= 4 is 12.0 Å². The van der Waals surface area contributed by atoms with Crippen LogP contribution in [-0.4, -0.2) is 22.7 Å². The summed E-state index contributed by atoms with van der Waals surface area (Å²) in [5.41, 5.74) is 2.21. The molecule has 112 valence electrons. The molecule has 1 N–H and O–H groups in total. The molecule has 0 spiro atoms. The highest BCUT2D eigenvalue weighted by molar-refractivity contribution is 5.91. The minimum atomic E-state index is -1.01. The van der Waals surface area contributed by atoms with Gasteiger partial charge in [0.05, 0.1) is 11.3 Å². The maximum absolute atomic E-state index is 13.1. The first-order valence-electron chi connectivity index (χ1n) is 6.52. The van der Waals surface area contributed by atoms with E-state index in [0.29, 0.717) is 17.7 Å². The topological polar surface area (TPSA) is 59.4 Å². The van der Waals surface area contributed by atoms with Crippen LogP contribution in [0.5, 0.6) is 5.75 Å². The molecular weight excluding hydrogens is 292 g/mol. The van der Waals surface area contributed by atoms with Crippen molar-refractivity contribution in [1.82, 2.24) is 4.98 Å². The number of carbonyl (C=O) groups is 1. The van der Waals surface area contributed by atoms with E-state index in [1.165, 1.54) is 12.3 Å². The van der Waals surface area contributed by atoms with Crippen LogP contribution in [0.15, 0.2) is 36.0 Å². The van der Waals surface area contributed by atoms with E-state index in [0.717, 1.165) is 23.8 Å². The van der Waals surface area contributed by atoms with Crippen molar-refractivity contribution in [2.24, 2.45) is 0 Å². The van der Waals surface area contributed by atoms with Crippen molar-refractivity contribution in [3.63, 3.8) is 0 Å². The first-order chi connectivity index (χ1) is 10.5. The van der Waals surface area contributed by atoms with E-state index in [4.69, 9.17) is 9.84 Å². The first-order valence-corrected chi connectivity index (χ1v) is 6.52.